The van der Waals surface area contributed by atoms with Crippen LogP contribution in [0.4, 0.5) is 11.5 Å². The quantitative estimate of drug-likeness (QED) is 0.287. The van der Waals surface area contributed by atoms with Crippen LogP contribution >= 0.6 is 0 Å². The Morgan fingerprint density at radius 3 is 2.38 bits per heavy atom. The molecule has 3 aromatic heterocycles. The predicted molar refractivity (Wildman–Crippen MR) is 146 cm³/mol. The maximum absolute atomic E-state index is 12.0. The van der Waals surface area contributed by atoms with Crippen LogP contribution in [0.2, 0.25) is 0 Å². The number of rotatable bonds is 6. The molecule has 0 bridgehead atoms. The van der Waals surface area contributed by atoms with E-state index in [-0.39, 0.29) is 5.91 Å². The second kappa shape index (κ2) is 9.58. The van der Waals surface area contributed by atoms with Crippen LogP contribution in [0.5, 0.6) is 11.6 Å². The van der Waals surface area contributed by atoms with Gasteiger partial charge in [-0.05, 0) is 55.3 Å². The van der Waals surface area contributed by atoms with E-state index in [2.05, 4.69) is 26.8 Å². The summed E-state index contributed by atoms with van der Waals surface area (Å²) in [6, 6.07) is 21.1. The van der Waals surface area contributed by atoms with Gasteiger partial charge in [0.2, 0.25) is 5.88 Å². The Bertz CT molecular complexity index is 1640. The molecule has 3 heterocycles. The van der Waals surface area contributed by atoms with Crippen molar-refractivity contribution in [2.45, 2.75) is 13.8 Å². The SMILES string of the molecule is C=C(C)C(=O)Nc1ccc(-c2c(-c3ccc(Oc4cccc(C)n4)cc3)c3c(N)ncnc3n2C)cc1. The number of benzene rings is 2. The van der Waals surface area contributed by atoms with Crippen molar-refractivity contribution in [1.29, 1.82) is 0 Å². The highest BCUT2D eigenvalue weighted by atomic mass is 16.5. The number of pyridine rings is 1. The molecule has 0 aliphatic rings. The summed E-state index contributed by atoms with van der Waals surface area (Å²) in [6.45, 7) is 7.28. The number of nitrogens with zero attached hydrogens (tertiary/aromatic N) is 4. The number of amides is 1. The molecular formula is C29H26N6O2. The lowest BCUT2D eigenvalue weighted by molar-refractivity contribution is -0.112. The highest BCUT2D eigenvalue weighted by molar-refractivity contribution is 6.08. The van der Waals surface area contributed by atoms with E-state index in [1.165, 1.54) is 6.33 Å². The van der Waals surface area contributed by atoms with Gasteiger partial charge in [0.1, 0.15) is 23.5 Å². The minimum atomic E-state index is -0.218. The molecule has 0 atom stereocenters. The molecule has 1 amide bonds. The van der Waals surface area contributed by atoms with Crippen molar-refractivity contribution < 1.29 is 9.53 Å². The van der Waals surface area contributed by atoms with Crippen LogP contribution in [0.25, 0.3) is 33.4 Å². The molecule has 0 saturated carbocycles. The summed E-state index contributed by atoms with van der Waals surface area (Å²) in [4.78, 5) is 25.2. The molecule has 8 nitrogen and oxygen atoms in total. The Hall–Kier alpha value is -4.98. The van der Waals surface area contributed by atoms with Crippen molar-refractivity contribution in [3.63, 3.8) is 0 Å². The minimum Gasteiger partial charge on any atom is -0.439 e. The summed E-state index contributed by atoms with van der Waals surface area (Å²) in [5.41, 5.74) is 12.8. The number of hydrogen-bond acceptors (Lipinski definition) is 6. The van der Waals surface area contributed by atoms with Gasteiger partial charge in [0.05, 0.1) is 11.1 Å². The van der Waals surface area contributed by atoms with Gasteiger partial charge in [-0.1, -0.05) is 36.9 Å². The van der Waals surface area contributed by atoms with Gasteiger partial charge in [-0.3, -0.25) is 4.79 Å². The molecule has 184 valence electrons. The summed E-state index contributed by atoms with van der Waals surface area (Å²) in [6.07, 6.45) is 1.47. The van der Waals surface area contributed by atoms with E-state index >= 15 is 0 Å². The number of anilines is 2. The molecule has 37 heavy (non-hydrogen) atoms. The molecule has 5 aromatic rings. The van der Waals surface area contributed by atoms with Crippen molar-refractivity contribution in [3.05, 3.63) is 90.9 Å². The van der Waals surface area contributed by atoms with E-state index in [0.717, 1.165) is 39.1 Å². The van der Waals surface area contributed by atoms with Crippen LogP contribution in [0.3, 0.4) is 0 Å². The number of carbonyl (C=O) groups excluding carboxylic acids is 1. The first-order valence-electron chi connectivity index (χ1n) is 11.7. The van der Waals surface area contributed by atoms with Crippen LogP contribution in [0.15, 0.2) is 85.2 Å². The fraction of sp³-hybridized carbons (Fsp3) is 0.103. The van der Waals surface area contributed by atoms with E-state index < -0.39 is 0 Å². The minimum absolute atomic E-state index is 0.218. The van der Waals surface area contributed by atoms with Crippen LogP contribution in [-0.2, 0) is 11.8 Å². The Morgan fingerprint density at radius 1 is 1.00 bits per heavy atom. The average Bonchev–Trinajstić information content (AvgIpc) is 3.18. The lowest BCUT2D eigenvalue weighted by Gasteiger charge is -2.11. The van der Waals surface area contributed by atoms with Gasteiger partial charge in [-0.25, -0.2) is 15.0 Å². The monoisotopic (exact) mass is 490 g/mol. The van der Waals surface area contributed by atoms with Gasteiger partial charge in [0, 0.05) is 35.6 Å². The summed E-state index contributed by atoms with van der Waals surface area (Å²) >= 11 is 0. The Labute approximate surface area is 214 Å². The molecular weight excluding hydrogens is 464 g/mol. The highest BCUT2D eigenvalue weighted by Gasteiger charge is 2.22. The van der Waals surface area contributed by atoms with Crippen molar-refractivity contribution in [3.8, 4) is 34.0 Å². The van der Waals surface area contributed by atoms with E-state index in [0.29, 0.717) is 28.7 Å². The van der Waals surface area contributed by atoms with E-state index in [1.54, 1.807) is 6.92 Å². The summed E-state index contributed by atoms with van der Waals surface area (Å²) < 4.78 is 7.94. The third kappa shape index (κ3) is 4.64. The fourth-order valence-corrected chi connectivity index (χ4v) is 4.23. The lowest BCUT2D eigenvalue weighted by Crippen LogP contribution is -2.11. The number of nitrogens with two attached hydrogens (primary N) is 1. The molecule has 0 saturated heterocycles. The van der Waals surface area contributed by atoms with Gasteiger partial charge < -0.3 is 20.4 Å². The second-order valence-corrected chi connectivity index (χ2v) is 8.80. The third-order valence-corrected chi connectivity index (χ3v) is 6.03. The molecule has 0 fully saturated rings. The highest BCUT2D eigenvalue weighted by Crippen LogP contribution is 2.42. The Balaban J connectivity index is 1.58. The smallest absolute Gasteiger partial charge is 0.250 e. The van der Waals surface area contributed by atoms with Gasteiger partial charge in [-0.15, -0.1) is 0 Å². The van der Waals surface area contributed by atoms with Crippen LogP contribution in [0, 0.1) is 6.92 Å². The van der Waals surface area contributed by atoms with Crippen molar-refractivity contribution in [2.75, 3.05) is 11.1 Å². The molecule has 3 N–H and O–H groups in total. The van der Waals surface area contributed by atoms with Gasteiger partial charge in [0.15, 0.2) is 0 Å². The van der Waals surface area contributed by atoms with Crippen molar-refractivity contribution in [2.24, 2.45) is 7.05 Å². The number of carbonyl (C=O) groups is 1. The van der Waals surface area contributed by atoms with Crippen molar-refractivity contribution >= 4 is 28.4 Å². The number of aryl methyl sites for hydroxylation is 2. The molecule has 0 spiro atoms. The Morgan fingerprint density at radius 2 is 1.70 bits per heavy atom. The molecule has 0 radical (unpaired) electrons. The first-order chi connectivity index (χ1) is 17.8. The molecule has 0 aliphatic carbocycles. The van der Waals surface area contributed by atoms with E-state index in [4.69, 9.17) is 10.5 Å². The molecule has 0 aliphatic heterocycles. The van der Waals surface area contributed by atoms with Gasteiger partial charge >= 0.3 is 0 Å². The number of hydrogen-bond donors (Lipinski definition) is 2. The first-order valence-corrected chi connectivity index (χ1v) is 11.7. The summed E-state index contributed by atoms with van der Waals surface area (Å²) in [5.74, 6) is 1.39. The molecule has 5 rings (SSSR count). The van der Waals surface area contributed by atoms with E-state index in [9.17, 15) is 4.79 Å². The summed E-state index contributed by atoms with van der Waals surface area (Å²) in [5, 5.41) is 3.61. The van der Waals surface area contributed by atoms with E-state index in [1.807, 2.05) is 85.3 Å². The van der Waals surface area contributed by atoms with Gasteiger partial charge in [-0.2, -0.15) is 0 Å². The standard InChI is InChI=1S/C29H26N6O2/c1-17(2)29(36)34-21-12-8-20(9-13-21)26-24(25-27(30)31-16-32-28(25)35(26)4)19-10-14-22(15-11-19)37-23-7-5-6-18(3)33-23/h5-16H,1H2,2-4H3,(H,34,36)(H2,30,31,32). The largest absolute Gasteiger partial charge is 0.439 e. The maximum Gasteiger partial charge on any atom is 0.250 e. The zero-order valence-electron chi connectivity index (χ0n) is 20.8. The average molecular weight is 491 g/mol. The second-order valence-electron chi connectivity index (χ2n) is 8.80. The fourth-order valence-electron chi connectivity index (χ4n) is 4.23. The normalized spacial score (nSPS) is 10.9. The first kappa shape index (κ1) is 23.7. The van der Waals surface area contributed by atoms with Crippen LogP contribution in [0.1, 0.15) is 12.6 Å². The lowest BCUT2D eigenvalue weighted by atomic mass is 9.98. The predicted octanol–water partition coefficient (Wildman–Crippen LogP) is 5.89. The van der Waals surface area contributed by atoms with Crippen LogP contribution < -0.4 is 15.8 Å². The molecule has 0 unspecified atom stereocenters. The number of ether oxygens (including phenoxy) is 1. The zero-order chi connectivity index (χ0) is 26.1. The van der Waals surface area contributed by atoms with Crippen LogP contribution in [-0.4, -0.2) is 25.4 Å². The number of fused-ring (bicyclic) bond motifs is 1. The topological polar surface area (TPSA) is 108 Å². The number of nitrogens with one attached hydrogen (secondary N) is 1. The zero-order valence-corrected chi connectivity index (χ0v) is 20.8. The maximum atomic E-state index is 12.0. The van der Waals surface area contributed by atoms with Crippen molar-refractivity contribution in [1.82, 2.24) is 19.5 Å². The Kier molecular flexibility index (Phi) is 6.15. The third-order valence-electron chi connectivity index (χ3n) is 6.03. The number of aromatic nitrogens is 4. The summed E-state index contributed by atoms with van der Waals surface area (Å²) in [7, 11) is 1.95. The molecule has 8 heteroatoms. The number of nitrogen functional groups attached to an aromatic ring is 1. The molecule has 2 aromatic carbocycles. The van der Waals surface area contributed by atoms with Gasteiger partial charge in [0.25, 0.3) is 5.91 Å².